The van der Waals surface area contributed by atoms with Gasteiger partial charge in [-0.3, -0.25) is 0 Å². The SMILES string of the molecule is COC(=O)[C@@H](Cc1cn(S(=O)(=O)c2ccc(C)cc2)c2cccc(Br)c12)NC(=O)OC(C)(C)C. The maximum Gasteiger partial charge on any atom is 0.408 e. The first-order chi connectivity index (χ1) is 15.8. The van der Waals surface area contributed by atoms with E-state index in [1.54, 1.807) is 63.2 Å². The third-order valence-corrected chi connectivity index (χ3v) is 7.35. The van der Waals surface area contributed by atoms with Crippen molar-refractivity contribution >= 4 is 48.9 Å². The van der Waals surface area contributed by atoms with Gasteiger partial charge in [-0.1, -0.05) is 39.7 Å². The summed E-state index contributed by atoms with van der Waals surface area (Å²) in [6.45, 7) is 7.00. The molecule has 0 saturated heterocycles. The van der Waals surface area contributed by atoms with Crippen molar-refractivity contribution in [3.8, 4) is 0 Å². The fourth-order valence-electron chi connectivity index (χ4n) is 3.47. The number of carbonyl (C=O) groups excluding carboxylic acids is 2. The van der Waals surface area contributed by atoms with Gasteiger partial charge in [0.15, 0.2) is 0 Å². The number of aromatic nitrogens is 1. The number of hydrogen-bond acceptors (Lipinski definition) is 6. The van der Waals surface area contributed by atoms with Gasteiger partial charge in [0.05, 0.1) is 17.5 Å². The lowest BCUT2D eigenvalue weighted by atomic mass is 10.1. The molecule has 2 aromatic carbocycles. The van der Waals surface area contributed by atoms with Crippen molar-refractivity contribution < 1.29 is 27.5 Å². The molecule has 3 rings (SSSR count). The number of aryl methyl sites for hydroxylation is 1. The molecule has 0 bridgehead atoms. The summed E-state index contributed by atoms with van der Waals surface area (Å²) in [6, 6.07) is 10.7. The highest BCUT2D eigenvalue weighted by Crippen LogP contribution is 2.32. The van der Waals surface area contributed by atoms with Gasteiger partial charge in [-0.25, -0.2) is 22.0 Å². The molecule has 182 valence electrons. The molecule has 0 aliphatic carbocycles. The molecule has 1 amide bonds. The Bertz CT molecular complexity index is 1320. The van der Waals surface area contributed by atoms with Crippen LogP contribution in [0.15, 0.2) is 58.0 Å². The zero-order valence-electron chi connectivity index (χ0n) is 19.6. The lowest BCUT2D eigenvalue weighted by Gasteiger charge is -2.22. The molecular formula is C24H27BrN2O6S. The summed E-state index contributed by atoms with van der Waals surface area (Å²) < 4.78 is 38.9. The van der Waals surface area contributed by atoms with Gasteiger partial charge in [-0.15, -0.1) is 0 Å². The van der Waals surface area contributed by atoms with E-state index >= 15 is 0 Å². The van der Waals surface area contributed by atoms with Gasteiger partial charge >= 0.3 is 12.1 Å². The van der Waals surface area contributed by atoms with Crippen LogP contribution in [-0.4, -0.2) is 43.2 Å². The van der Waals surface area contributed by atoms with Gasteiger partial charge in [0.1, 0.15) is 11.6 Å². The molecule has 1 atom stereocenters. The van der Waals surface area contributed by atoms with E-state index in [2.05, 4.69) is 21.2 Å². The van der Waals surface area contributed by atoms with Gasteiger partial charge in [-0.05, 0) is 57.5 Å². The Morgan fingerprint density at radius 2 is 1.76 bits per heavy atom. The topological polar surface area (TPSA) is 104 Å². The van der Waals surface area contributed by atoms with Crippen molar-refractivity contribution in [3.05, 3.63) is 64.3 Å². The molecule has 34 heavy (non-hydrogen) atoms. The van der Waals surface area contributed by atoms with E-state index in [-0.39, 0.29) is 11.3 Å². The molecule has 8 nitrogen and oxygen atoms in total. The van der Waals surface area contributed by atoms with Crippen molar-refractivity contribution in [3.63, 3.8) is 0 Å². The van der Waals surface area contributed by atoms with Gasteiger partial charge in [0.2, 0.25) is 0 Å². The van der Waals surface area contributed by atoms with Crippen LogP contribution in [0.3, 0.4) is 0 Å². The van der Waals surface area contributed by atoms with Gasteiger partial charge in [0.25, 0.3) is 10.0 Å². The normalized spacial score (nSPS) is 12.9. The van der Waals surface area contributed by atoms with E-state index in [0.717, 1.165) is 5.56 Å². The second kappa shape index (κ2) is 9.79. The van der Waals surface area contributed by atoms with E-state index in [9.17, 15) is 18.0 Å². The summed E-state index contributed by atoms with van der Waals surface area (Å²) >= 11 is 3.49. The van der Waals surface area contributed by atoms with Crippen LogP contribution in [0.4, 0.5) is 4.79 Å². The number of alkyl carbamates (subject to hydrolysis) is 1. The van der Waals surface area contributed by atoms with E-state index in [1.165, 1.54) is 17.3 Å². The minimum atomic E-state index is -3.92. The van der Waals surface area contributed by atoms with Gasteiger partial charge in [-0.2, -0.15) is 0 Å². The maximum absolute atomic E-state index is 13.5. The molecule has 1 aromatic heterocycles. The Labute approximate surface area is 207 Å². The quantitative estimate of drug-likeness (QED) is 0.451. The molecule has 0 unspecified atom stereocenters. The summed E-state index contributed by atoms with van der Waals surface area (Å²) in [6.07, 6.45) is 0.677. The van der Waals surface area contributed by atoms with Crippen LogP contribution in [0.2, 0.25) is 0 Å². The Hall–Kier alpha value is -2.85. The number of halogens is 1. The maximum atomic E-state index is 13.5. The summed E-state index contributed by atoms with van der Waals surface area (Å²) in [5, 5.41) is 3.14. The molecule has 0 aliphatic rings. The summed E-state index contributed by atoms with van der Waals surface area (Å²) in [4.78, 5) is 24.9. The molecule has 10 heteroatoms. The number of nitrogens with zero attached hydrogens (tertiary/aromatic N) is 1. The Kier molecular flexibility index (Phi) is 7.42. The number of benzene rings is 2. The summed E-state index contributed by atoms with van der Waals surface area (Å²) in [5.74, 6) is -0.680. The van der Waals surface area contributed by atoms with Crippen LogP contribution in [-0.2, 0) is 30.7 Å². The van der Waals surface area contributed by atoms with Crippen molar-refractivity contribution in [2.24, 2.45) is 0 Å². The first-order valence-corrected chi connectivity index (χ1v) is 12.7. The van der Waals surface area contributed by atoms with Crippen LogP contribution in [0, 0.1) is 6.92 Å². The second-order valence-electron chi connectivity index (χ2n) is 8.83. The molecular weight excluding hydrogens is 524 g/mol. The predicted octanol–water partition coefficient (Wildman–Crippen LogP) is 4.56. The van der Waals surface area contributed by atoms with Gasteiger partial charge < -0.3 is 14.8 Å². The largest absolute Gasteiger partial charge is 0.467 e. The molecule has 3 aromatic rings. The number of esters is 1. The average molecular weight is 551 g/mol. The van der Waals surface area contributed by atoms with Crippen LogP contribution in [0.1, 0.15) is 31.9 Å². The summed E-state index contributed by atoms with van der Waals surface area (Å²) in [7, 11) is -2.70. The average Bonchev–Trinajstić information content (AvgIpc) is 3.12. The number of fused-ring (bicyclic) bond motifs is 1. The van der Waals surface area contributed by atoms with Crippen LogP contribution in [0.25, 0.3) is 10.9 Å². The van der Waals surface area contributed by atoms with Crippen LogP contribution < -0.4 is 5.32 Å². The predicted molar refractivity (Wildman–Crippen MR) is 132 cm³/mol. The monoisotopic (exact) mass is 550 g/mol. The first-order valence-electron chi connectivity index (χ1n) is 10.5. The zero-order valence-corrected chi connectivity index (χ0v) is 22.0. The molecule has 0 saturated carbocycles. The van der Waals surface area contributed by atoms with Crippen molar-refractivity contribution in [2.45, 2.75) is 50.7 Å². The zero-order chi connectivity index (χ0) is 25.3. The van der Waals surface area contributed by atoms with Gasteiger partial charge in [0, 0.05) is 22.5 Å². The third-order valence-electron chi connectivity index (χ3n) is 5.00. The number of methoxy groups -OCH3 is 1. The van der Waals surface area contributed by atoms with Crippen molar-refractivity contribution in [1.82, 2.24) is 9.29 Å². The highest BCUT2D eigenvalue weighted by atomic mass is 79.9. The number of ether oxygens (including phenoxy) is 2. The third kappa shape index (κ3) is 5.61. The Morgan fingerprint density at radius 3 is 2.35 bits per heavy atom. The summed E-state index contributed by atoms with van der Waals surface area (Å²) in [5.41, 5.74) is 1.15. The smallest absolute Gasteiger partial charge is 0.408 e. The molecule has 0 spiro atoms. The highest BCUT2D eigenvalue weighted by Gasteiger charge is 2.29. The minimum absolute atomic E-state index is 0.0125. The van der Waals surface area contributed by atoms with Crippen molar-refractivity contribution in [2.75, 3.05) is 7.11 Å². The van der Waals surface area contributed by atoms with Crippen LogP contribution in [0.5, 0.6) is 0 Å². The molecule has 0 aliphatic heterocycles. The number of amides is 1. The Morgan fingerprint density at radius 1 is 1.12 bits per heavy atom. The van der Waals surface area contributed by atoms with E-state index in [1.807, 2.05) is 6.92 Å². The fourth-order valence-corrected chi connectivity index (χ4v) is 5.47. The lowest BCUT2D eigenvalue weighted by Crippen LogP contribution is -2.45. The van der Waals surface area contributed by atoms with Crippen molar-refractivity contribution in [1.29, 1.82) is 0 Å². The molecule has 0 fully saturated rings. The van der Waals surface area contributed by atoms with Crippen LogP contribution >= 0.6 is 15.9 Å². The minimum Gasteiger partial charge on any atom is -0.467 e. The number of carbonyl (C=O) groups is 2. The highest BCUT2D eigenvalue weighted by molar-refractivity contribution is 9.10. The van der Waals surface area contributed by atoms with E-state index in [0.29, 0.717) is 20.9 Å². The first kappa shape index (κ1) is 25.8. The standard InChI is InChI=1S/C24H27BrN2O6S/c1-15-9-11-17(12-10-15)34(30,31)27-14-16(21-18(25)7-6-8-20(21)27)13-19(22(28)32-5)26-23(29)33-24(2,3)4/h6-12,14,19H,13H2,1-5H3,(H,26,29)/t19-/m1/s1. The molecule has 0 radical (unpaired) electrons. The molecule has 1 N–H and O–H groups in total. The Balaban J connectivity index is 2.07. The number of rotatable bonds is 6. The fraction of sp³-hybridized carbons (Fsp3) is 0.333. The number of nitrogens with one attached hydrogen (secondary N) is 1. The van der Waals surface area contributed by atoms with E-state index in [4.69, 9.17) is 9.47 Å². The molecule has 1 heterocycles. The lowest BCUT2D eigenvalue weighted by molar-refractivity contribution is -0.143. The number of hydrogen-bond donors (Lipinski definition) is 1. The second-order valence-corrected chi connectivity index (χ2v) is 11.5. The van der Waals surface area contributed by atoms with E-state index < -0.39 is 33.7 Å².